The molecular weight excluding hydrogens is 198 g/mol. The highest BCUT2D eigenvalue weighted by atomic mass is 16.5. The van der Waals surface area contributed by atoms with E-state index in [1.54, 1.807) is 7.11 Å². The molecule has 0 aliphatic heterocycles. The van der Waals surface area contributed by atoms with Gasteiger partial charge in [0.2, 0.25) is 0 Å². The molecule has 2 nitrogen and oxygen atoms in total. The first-order valence-corrected chi connectivity index (χ1v) is 5.58. The molecule has 0 radical (unpaired) electrons. The second kappa shape index (κ2) is 3.52. The Kier molecular flexibility index (Phi) is 2.42. The van der Waals surface area contributed by atoms with Gasteiger partial charge < -0.3 is 4.74 Å². The minimum absolute atomic E-state index is 0.274. The quantitative estimate of drug-likeness (QED) is 0.758. The molecule has 84 valence electrons. The molecule has 1 fully saturated rings. The highest BCUT2D eigenvalue weighted by Crippen LogP contribution is 2.56. The zero-order valence-electron chi connectivity index (χ0n) is 10.1. The van der Waals surface area contributed by atoms with E-state index in [-0.39, 0.29) is 10.8 Å². The fraction of sp³-hybridized carbons (Fsp3) is 0.500. The zero-order chi connectivity index (χ0) is 11.8. The molecule has 2 heteroatoms. The standard InChI is InChI=1S/C14H17NO/c1-13(2)8-14(9-13,10-15)11-6-4-5-7-12(11)16-3/h4-7H,8-9H2,1-3H3. The Morgan fingerprint density at radius 2 is 1.88 bits per heavy atom. The van der Waals surface area contributed by atoms with Crippen molar-refractivity contribution in [2.45, 2.75) is 32.1 Å². The maximum Gasteiger partial charge on any atom is 0.123 e. The number of ether oxygens (including phenoxy) is 1. The molecule has 0 saturated heterocycles. The number of hydrogen-bond donors (Lipinski definition) is 0. The van der Waals surface area contributed by atoms with Crippen molar-refractivity contribution >= 4 is 0 Å². The van der Waals surface area contributed by atoms with Crippen LogP contribution >= 0.6 is 0 Å². The van der Waals surface area contributed by atoms with Gasteiger partial charge in [0.05, 0.1) is 18.6 Å². The average Bonchev–Trinajstić information content (AvgIpc) is 2.25. The first-order chi connectivity index (χ1) is 7.53. The highest BCUT2D eigenvalue weighted by Gasteiger charge is 2.51. The van der Waals surface area contributed by atoms with Crippen molar-refractivity contribution < 1.29 is 4.74 Å². The fourth-order valence-electron chi connectivity index (χ4n) is 2.95. The summed E-state index contributed by atoms with van der Waals surface area (Å²) >= 11 is 0. The monoisotopic (exact) mass is 215 g/mol. The Balaban J connectivity index is 2.41. The van der Waals surface area contributed by atoms with E-state index < -0.39 is 0 Å². The van der Waals surface area contributed by atoms with Crippen LogP contribution in [-0.2, 0) is 5.41 Å². The summed E-state index contributed by atoms with van der Waals surface area (Å²) in [6.07, 6.45) is 1.83. The van der Waals surface area contributed by atoms with Gasteiger partial charge in [0.25, 0.3) is 0 Å². The van der Waals surface area contributed by atoms with Gasteiger partial charge >= 0.3 is 0 Å². The van der Waals surface area contributed by atoms with Gasteiger partial charge in [0, 0.05) is 5.56 Å². The Morgan fingerprint density at radius 3 is 2.38 bits per heavy atom. The number of nitriles is 1. The fourth-order valence-corrected chi connectivity index (χ4v) is 2.95. The molecule has 2 rings (SSSR count). The molecule has 0 bridgehead atoms. The minimum Gasteiger partial charge on any atom is -0.496 e. The average molecular weight is 215 g/mol. The maximum atomic E-state index is 9.44. The summed E-state index contributed by atoms with van der Waals surface area (Å²) in [5.41, 5.74) is 0.978. The van der Waals surface area contributed by atoms with E-state index in [4.69, 9.17) is 4.74 Å². The minimum atomic E-state index is -0.337. The smallest absolute Gasteiger partial charge is 0.123 e. The van der Waals surface area contributed by atoms with Gasteiger partial charge in [0.1, 0.15) is 5.75 Å². The molecule has 0 spiro atoms. The Bertz CT molecular complexity index is 434. The molecular formula is C14H17NO. The SMILES string of the molecule is COc1ccccc1C1(C#N)CC(C)(C)C1. The summed E-state index contributed by atoms with van der Waals surface area (Å²) in [7, 11) is 1.66. The van der Waals surface area contributed by atoms with Crippen molar-refractivity contribution in [3.05, 3.63) is 29.8 Å². The van der Waals surface area contributed by atoms with Crippen LogP contribution < -0.4 is 4.74 Å². The number of benzene rings is 1. The summed E-state index contributed by atoms with van der Waals surface area (Å²) in [5, 5.41) is 9.44. The molecule has 1 aliphatic rings. The largest absolute Gasteiger partial charge is 0.496 e. The lowest BCUT2D eigenvalue weighted by Gasteiger charge is -2.49. The van der Waals surface area contributed by atoms with E-state index in [9.17, 15) is 5.26 Å². The summed E-state index contributed by atoms with van der Waals surface area (Å²) < 4.78 is 5.35. The number of para-hydroxylation sites is 1. The predicted octanol–water partition coefficient (Wildman–Crippen LogP) is 3.28. The van der Waals surface area contributed by atoms with Crippen molar-refractivity contribution in [2.75, 3.05) is 7.11 Å². The molecule has 0 N–H and O–H groups in total. The van der Waals surface area contributed by atoms with Crippen molar-refractivity contribution in [3.63, 3.8) is 0 Å². The first-order valence-electron chi connectivity index (χ1n) is 5.58. The Morgan fingerprint density at radius 1 is 1.25 bits per heavy atom. The highest BCUT2D eigenvalue weighted by molar-refractivity contribution is 5.46. The summed E-state index contributed by atoms with van der Waals surface area (Å²) in [4.78, 5) is 0. The van der Waals surface area contributed by atoms with Gasteiger partial charge in [-0.2, -0.15) is 5.26 Å². The van der Waals surface area contributed by atoms with E-state index in [1.807, 2.05) is 24.3 Å². The van der Waals surface area contributed by atoms with Crippen molar-refractivity contribution in [3.8, 4) is 11.8 Å². The lowest BCUT2D eigenvalue weighted by Crippen LogP contribution is -2.45. The van der Waals surface area contributed by atoms with Gasteiger partial charge in [-0.25, -0.2) is 0 Å². The third kappa shape index (κ3) is 1.57. The molecule has 0 unspecified atom stereocenters. The van der Waals surface area contributed by atoms with Crippen LogP contribution in [0.5, 0.6) is 5.75 Å². The molecule has 1 aromatic carbocycles. The van der Waals surface area contributed by atoms with Gasteiger partial charge in [-0.15, -0.1) is 0 Å². The molecule has 1 saturated carbocycles. The summed E-state index contributed by atoms with van der Waals surface area (Å²) in [6.45, 7) is 4.41. The van der Waals surface area contributed by atoms with Gasteiger partial charge in [-0.05, 0) is 24.3 Å². The van der Waals surface area contributed by atoms with Crippen LogP contribution in [-0.4, -0.2) is 7.11 Å². The van der Waals surface area contributed by atoms with E-state index in [2.05, 4.69) is 19.9 Å². The third-order valence-corrected chi connectivity index (χ3v) is 3.40. The van der Waals surface area contributed by atoms with Crippen molar-refractivity contribution in [2.24, 2.45) is 5.41 Å². The van der Waals surface area contributed by atoms with Gasteiger partial charge in [-0.1, -0.05) is 32.0 Å². The molecule has 1 aromatic rings. The topological polar surface area (TPSA) is 33.0 Å². The van der Waals surface area contributed by atoms with Crippen LogP contribution in [0.1, 0.15) is 32.3 Å². The van der Waals surface area contributed by atoms with Crippen LogP contribution in [0.2, 0.25) is 0 Å². The van der Waals surface area contributed by atoms with E-state index in [1.165, 1.54) is 0 Å². The van der Waals surface area contributed by atoms with Crippen LogP contribution in [0.25, 0.3) is 0 Å². The second-order valence-electron chi connectivity index (χ2n) is 5.41. The second-order valence-corrected chi connectivity index (χ2v) is 5.41. The van der Waals surface area contributed by atoms with Crippen LogP contribution in [0.3, 0.4) is 0 Å². The lowest BCUT2D eigenvalue weighted by molar-refractivity contribution is 0.0977. The maximum absolute atomic E-state index is 9.44. The number of nitrogens with zero attached hydrogens (tertiary/aromatic N) is 1. The predicted molar refractivity (Wildman–Crippen MR) is 63.3 cm³/mol. The third-order valence-electron chi connectivity index (χ3n) is 3.40. The van der Waals surface area contributed by atoms with E-state index >= 15 is 0 Å². The van der Waals surface area contributed by atoms with Crippen LogP contribution in [0, 0.1) is 16.7 Å². The van der Waals surface area contributed by atoms with Gasteiger partial charge in [-0.3, -0.25) is 0 Å². The number of hydrogen-bond acceptors (Lipinski definition) is 2. The molecule has 0 aromatic heterocycles. The van der Waals surface area contributed by atoms with E-state index in [0.29, 0.717) is 0 Å². The van der Waals surface area contributed by atoms with Crippen LogP contribution in [0.15, 0.2) is 24.3 Å². The summed E-state index contributed by atoms with van der Waals surface area (Å²) in [5.74, 6) is 0.833. The van der Waals surface area contributed by atoms with Crippen molar-refractivity contribution in [1.82, 2.24) is 0 Å². The molecule has 0 atom stereocenters. The first kappa shape index (κ1) is 11.0. The van der Waals surface area contributed by atoms with Crippen molar-refractivity contribution in [1.29, 1.82) is 5.26 Å². The normalized spacial score (nSPS) is 20.6. The van der Waals surface area contributed by atoms with Crippen LogP contribution in [0.4, 0.5) is 0 Å². The molecule has 0 heterocycles. The Hall–Kier alpha value is -1.49. The van der Waals surface area contributed by atoms with E-state index in [0.717, 1.165) is 24.2 Å². The number of methoxy groups -OCH3 is 1. The molecule has 0 amide bonds. The summed E-state index contributed by atoms with van der Waals surface area (Å²) in [6, 6.07) is 10.3. The molecule has 16 heavy (non-hydrogen) atoms. The lowest BCUT2D eigenvalue weighted by atomic mass is 9.52. The Labute approximate surface area is 96.9 Å². The van der Waals surface area contributed by atoms with Gasteiger partial charge in [0.15, 0.2) is 0 Å². The number of rotatable bonds is 2. The molecule has 1 aliphatic carbocycles. The zero-order valence-corrected chi connectivity index (χ0v) is 10.1.